The lowest BCUT2D eigenvalue weighted by Crippen LogP contribution is -2.33. The first kappa shape index (κ1) is 20.2. The van der Waals surface area contributed by atoms with Crippen LogP contribution in [-0.2, 0) is 9.53 Å². The van der Waals surface area contributed by atoms with Gasteiger partial charge in [-0.15, -0.1) is 11.3 Å². The van der Waals surface area contributed by atoms with Crippen molar-refractivity contribution in [1.82, 2.24) is 14.9 Å². The lowest BCUT2D eigenvalue weighted by molar-refractivity contribution is -0.107. The maximum atomic E-state index is 13.1. The summed E-state index contributed by atoms with van der Waals surface area (Å²) in [6.07, 6.45) is 0.548. The van der Waals surface area contributed by atoms with Crippen LogP contribution in [0.5, 0.6) is 0 Å². The number of aromatic nitrogens is 2. The molecule has 0 bridgehead atoms. The predicted octanol–water partition coefficient (Wildman–Crippen LogP) is 1.15. The highest BCUT2D eigenvalue weighted by molar-refractivity contribution is 7.20. The highest BCUT2D eigenvalue weighted by Gasteiger charge is 2.21. The largest absolute Gasteiger partial charge is 0.462 e. The van der Waals surface area contributed by atoms with Crippen LogP contribution in [0.1, 0.15) is 32.5 Å². The SMILES string of the molecule is CCOC(=O)c1cccc(-n2c(=O)[nH]c3sc(C(=O)NCC=O)c(C)c3c2=O)c1. The molecule has 0 atom stereocenters. The number of rotatable bonds is 6. The Morgan fingerprint density at radius 1 is 1.31 bits per heavy atom. The van der Waals surface area contributed by atoms with E-state index >= 15 is 0 Å². The Bertz CT molecular complexity index is 1240. The number of benzene rings is 1. The van der Waals surface area contributed by atoms with Crippen LogP contribution in [0.25, 0.3) is 15.9 Å². The van der Waals surface area contributed by atoms with Crippen molar-refractivity contribution in [1.29, 1.82) is 0 Å². The maximum Gasteiger partial charge on any atom is 0.338 e. The number of esters is 1. The first-order valence-electron chi connectivity index (χ1n) is 8.66. The molecular formula is C19H17N3O6S. The highest BCUT2D eigenvalue weighted by Crippen LogP contribution is 2.26. The Labute approximate surface area is 167 Å². The smallest absolute Gasteiger partial charge is 0.338 e. The average molecular weight is 415 g/mol. The average Bonchev–Trinajstić information content (AvgIpc) is 3.03. The van der Waals surface area contributed by atoms with E-state index in [2.05, 4.69) is 10.3 Å². The van der Waals surface area contributed by atoms with E-state index in [9.17, 15) is 24.0 Å². The first-order chi connectivity index (χ1) is 13.9. The monoisotopic (exact) mass is 415 g/mol. The molecule has 29 heavy (non-hydrogen) atoms. The molecular weight excluding hydrogens is 398 g/mol. The second-order valence-electron chi connectivity index (χ2n) is 5.98. The lowest BCUT2D eigenvalue weighted by atomic mass is 10.2. The van der Waals surface area contributed by atoms with Gasteiger partial charge in [-0.25, -0.2) is 14.2 Å². The molecule has 2 heterocycles. The Balaban J connectivity index is 2.17. The summed E-state index contributed by atoms with van der Waals surface area (Å²) >= 11 is 0.958. The minimum absolute atomic E-state index is 0.159. The molecule has 0 saturated carbocycles. The standard InChI is InChI=1S/C19H17N3O6S/c1-3-28-18(26)11-5-4-6-12(9-11)22-17(25)13-10(2)14(15(24)20-7-8-23)29-16(13)21-19(22)27/h4-6,8-9H,3,7H2,1-2H3,(H,20,24)(H,21,27). The van der Waals surface area contributed by atoms with Crippen LogP contribution in [0, 0.1) is 6.92 Å². The Kier molecular flexibility index (Phi) is 5.74. The van der Waals surface area contributed by atoms with Gasteiger partial charge >= 0.3 is 11.7 Å². The van der Waals surface area contributed by atoms with Gasteiger partial charge in [0.1, 0.15) is 11.1 Å². The molecule has 0 saturated heterocycles. The number of ether oxygens (including phenoxy) is 1. The van der Waals surface area contributed by atoms with Gasteiger partial charge in [0.2, 0.25) is 0 Å². The highest BCUT2D eigenvalue weighted by atomic mass is 32.1. The number of aryl methyl sites for hydroxylation is 1. The fourth-order valence-corrected chi connectivity index (χ4v) is 3.97. The van der Waals surface area contributed by atoms with Crippen molar-refractivity contribution < 1.29 is 19.1 Å². The number of nitrogens with zero attached hydrogens (tertiary/aromatic N) is 1. The molecule has 1 amide bonds. The normalized spacial score (nSPS) is 10.7. The van der Waals surface area contributed by atoms with Gasteiger partial charge in [0.05, 0.1) is 34.7 Å². The summed E-state index contributed by atoms with van der Waals surface area (Å²) in [5.74, 6) is -1.08. The second-order valence-corrected chi connectivity index (χ2v) is 7.00. The van der Waals surface area contributed by atoms with Gasteiger partial charge in [-0.05, 0) is 37.6 Å². The minimum Gasteiger partial charge on any atom is -0.462 e. The van der Waals surface area contributed by atoms with Gasteiger partial charge in [-0.3, -0.25) is 14.6 Å². The second kappa shape index (κ2) is 8.23. The van der Waals surface area contributed by atoms with Crippen molar-refractivity contribution in [3.05, 3.63) is 61.1 Å². The molecule has 1 aromatic carbocycles. The molecule has 0 unspecified atom stereocenters. The first-order valence-corrected chi connectivity index (χ1v) is 9.48. The third-order valence-electron chi connectivity index (χ3n) is 4.15. The zero-order valence-corrected chi connectivity index (χ0v) is 16.4. The van der Waals surface area contributed by atoms with E-state index in [-0.39, 0.29) is 39.5 Å². The zero-order valence-electron chi connectivity index (χ0n) is 15.6. The molecule has 150 valence electrons. The molecule has 9 nitrogen and oxygen atoms in total. The van der Waals surface area contributed by atoms with Gasteiger partial charge in [-0.2, -0.15) is 0 Å². The van der Waals surface area contributed by atoms with E-state index < -0.39 is 23.1 Å². The molecule has 2 aromatic heterocycles. The number of aldehydes is 1. The van der Waals surface area contributed by atoms with E-state index in [1.807, 2.05) is 0 Å². The number of hydrogen-bond donors (Lipinski definition) is 2. The summed E-state index contributed by atoms with van der Waals surface area (Å²) in [4.78, 5) is 63.4. The van der Waals surface area contributed by atoms with Crippen molar-refractivity contribution in [2.75, 3.05) is 13.2 Å². The fraction of sp³-hybridized carbons (Fsp3) is 0.211. The molecule has 10 heteroatoms. The Morgan fingerprint density at radius 2 is 2.07 bits per heavy atom. The number of hydrogen-bond acceptors (Lipinski definition) is 7. The van der Waals surface area contributed by atoms with Gasteiger partial charge in [0, 0.05) is 0 Å². The van der Waals surface area contributed by atoms with E-state index in [4.69, 9.17) is 4.74 Å². The third-order valence-corrected chi connectivity index (χ3v) is 5.36. The number of H-pyrrole nitrogens is 1. The summed E-state index contributed by atoms with van der Waals surface area (Å²) < 4.78 is 5.85. The number of thiophene rings is 1. The van der Waals surface area contributed by atoms with Crippen molar-refractivity contribution in [3.63, 3.8) is 0 Å². The summed E-state index contributed by atoms with van der Waals surface area (Å²) in [6.45, 7) is 3.30. The van der Waals surface area contributed by atoms with Crippen molar-refractivity contribution in [3.8, 4) is 5.69 Å². The van der Waals surface area contributed by atoms with E-state index in [1.54, 1.807) is 13.8 Å². The number of carbonyl (C=O) groups excluding carboxylic acids is 3. The van der Waals surface area contributed by atoms with Crippen LogP contribution in [0.15, 0.2) is 33.9 Å². The van der Waals surface area contributed by atoms with E-state index in [0.29, 0.717) is 11.8 Å². The third kappa shape index (κ3) is 3.74. The number of amides is 1. The van der Waals surface area contributed by atoms with Crippen LogP contribution in [0.3, 0.4) is 0 Å². The summed E-state index contributed by atoms with van der Waals surface area (Å²) in [7, 11) is 0. The summed E-state index contributed by atoms with van der Waals surface area (Å²) in [5.41, 5.74) is -0.532. The molecule has 3 aromatic rings. The Morgan fingerprint density at radius 3 is 2.76 bits per heavy atom. The molecule has 3 rings (SSSR count). The van der Waals surface area contributed by atoms with Crippen molar-refractivity contribution in [2.24, 2.45) is 0 Å². The summed E-state index contributed by atoms with van der Waals surface area (Å²) in [5, 5.41) is 2.60. The minimum atomic E-state index is -0.704. The van der Waals surface area contributed by atoms with Crippen molar-refractivity contribution in [2.45, 2.75) is 13.8 Å². The summed E-state index contributed by atoms with van der Waals surface area (Å²) in [6, 6.07) is 5.96. The molecule has 0 radical (unpaired) electrons. The quantitative estimate of drug-likeness (QED) is 0.459. The fourth-order valence-electron chi connectivity index (χ4n) is 2.87. The topological polar surface area (TPSA) is 127 Å². The number of aromatic amines is 1. The molecule has 0 aliphatic carbocycles. The van der Waals surface area contributed by atoms with Gasteiger partial charge in [-0.1, -0.05) is 6.07 Å². The molecule has 0 spiro atoms. The lowest BCUT2D eigenvalue weighted by Gasteiger charge is -2.07. The molecule has 0 fully saturated rings. The number of nitrogens with one attached hydrogen (secondary N) is 2. The van der Waals surface area contributed by atoms with Crippen molar-refractivity contribution >= 4 is 39.7 Å². The molecule has 0 aliphatic rings. The van der Waals surface area contributed by atoms with Gasteiger partial charge < -0.3 is 14.8 Å². The molecule has 2 N–H and O–H groups in total. The number of carbonyl (C=O) groups is 3. The van der Waals surface area contributed by atoms with Gasteiger partial charge in [0.25, 0.3) is 11.5 Å². The Hall–Kier alpha value is -3.53. The van der Waals surface area contributed by atoms with Crippen LogP contribution in [0.4, 0.5) is 0 Å². The van der Waals surface area contributed by atoms with Crippen LogP contribution < -0.4 is 16.6 Å². The number of fused-ring (bicyclic) bond motifs is 1. The van der Waals surface area contributed by atoms with E-state index in [0.717, 1.165) is 15.9 Å². The van der Waals surface area contributed by atoms with Crippen LogP contribution in [-0.4, -0.2) is 40.9 Å². The van der Waals surface area contributed by atoms with Crippen LogP contribution >= 0.6 is 11.3 Å². The van der Waals surface area contributed by atoms with Crippen LogP contribution in [0.2, 0.25) is 0 Å². The molecule has 0 aliphatic heterocycles. The maximum absolute atomic E-state index is 13.1. The van der Waals surface area contributed by atoms with Gasteiger partial charge in [0.15, 0.2) is 0 Å². The van der Waals surface area contributed by atoms with E-state index in [1.165, 1.54) is 24.3 Å². The zero-order chi connectivity index (χ0) is 21.1. The predicted molar refractivity (Wildman–Crippen MR) is 107 cm³/mol.